The van der Waals surface area contributed by atoms with Crippen molar-refractivity contribution in [2.24, 2.45) is 0 Å². The summed E-state index contributed by atoms with van der Waals surface area (Å²) >= 11 is 0. The summed E-state index contributed by atoms with van der Waals surface area (Å²) in [4.78, 5) is 11.6. The number of nitrogens with one attached hydrogen (secondary N) is 1. The molecule has 1 heterocycles. The van der Waals surface area contributed by atoms with Gasteiger partial charge in [0.2, 0.25) is 0 Å². The monoisotopic (exact) mass is 217 g/mol. The lowest BCUT2D eigenvalue weighted by Gasteiger charge is -2.04. The van der Waals surface area contributed by atoms with E-state index in [-0.39, 0.29) is 5.91 Å². The van der Waals surface area contributed by atoms with Crippen LogP contribution < -0.4 is 5.32 Å². The lowest BCUT2D eigenvalue weighted by molar-refractivity contribution is 0.0964. The number of hydrogen-bond acceptors (Lipinski definition) is 2. The molecule has 0 aliphatic rings. The maximum absolute atomic E-state index is 11.6. The van der Waals surface area contributed by atoms with Crippen LogP contribution in [0.25, 0.3) is 11.0 Å². The Morgan fingerprint density at radius 1 is 1.38 bits per heavy atom. The first-order valence-corrected chi connectivity index (χ1v) is 5.36. The van der Waals surface area contributed by atoms with Gasteiger partial charge in [-0.05, 0) is 23.6 Å². The average Bonchev–Trinajstić information content (AvgIpc) is 2.70. The third-order valence-corrected chi connectivity index (χ3v) is 2.74. The number of carbonyl (C=O) groups is 1. The standard InChI is InChI=1S/C13H15NO2/c1-8(2)9-4-5-12-10(6-9)11(7-16-12)13(15)14-3/h4-8H,1-3H3,(H,14,15). The number of rotatable bonds is 2. The minimum atomic E-state index is -0.111. The van der Waals surface area contributed by atoms with Crippen LogP contribution in [-0.2, 0) is 0 Å². The van der Waals surface area contributed by atoms with Crippen LogP contribution in [0.15, 0.2) is 28.9 Å². The molecule has 3 nitrogen and oxygen atoms in total. The summed E-state index contributed by atoms with van der Waals surface area (Å²) in [5.74, 6) is 0.330. The summed E-state index contributed by atoms with van der Waals surface area (Å²) in [5, 5.41) is 3.49. The van der Waals surface area contributed by atoms with E-state index in [1.165, 1.54) is 11.8 Å². The number of furan rings is 1. The fraction of sp³-hybridized carbons (Fsp3) is 0.308. The highest BCUT2D eigenvalue weighted by Gasteiger charge is 2.13. The molecule has 2 aromatic rings. The van der Waals surface area contributed by atoms with E-state index in [1.54, 1.807) is 7.05 Å². The zero-order valence-corrected chi connectivity index (χ0v) is 9.70. The van der Waals surface area contributed by atoms with Gasteiger partial charge in [-0.25, -0.2) is 0 Å². The Hall–Kier alpha value is -1.77. The summed E-state index contributed by atoms with van der Waals surface area (Å²) in [6.45, 7) is 4.25. The average molecular weight is 217 g/mol. The first-order chi connectivity index (χ1) is 7.63. The smallest absolute Gasteiger partial charge is 0.254 e. The maximum Gasteiger partial charge on any atom is 0.254 e. The topological polar surface area (TPSA) is 42.2 Å². The number of amides is 1. The predicted molar refractivity (Wildman–Crippen MR) is 63.7 cm³/mol. The third kappa shape index (κ3) is 1.69. The summed E-state index contributed by atoms with van der Waals surface area (Å²) in [7, 11) is 1.62. The summed E-state index contributed by atoms with van der Waals surface area (Å²) < 4.78 is 5.35. The lowest BCUT2D eigenvalue weighted by Crippen LogP contribution is -2.17. The fourth-order valence-corrected chi connectivity index (χ4v) is 1.72. The van der Waals surface area contributed by atoms with E-state index in [0.29, 0.717) is 11.5 Å². The van der Waals surface area contributed by atoms with Crippen molar-refractivity contribution in [3.8, 4) is 0 Å². The van der Waals surface area contributed by atoms with Crippen molar-refractivity contribution < 1.29 is 9.21 Å². The van der Waals surface area contributed by atoms with E-state index in [2.05, 4.69) is 19.2 Å². The first kappa shape index (κ1) is 10.7. The molecule has 1 aromatic heterocycles. The molecule has 0 radical (unpaired) electrons. The summed E-state index contributed by atoms with van der Waals surface area (Å²) in [6, 6.07) is 5.97. The fourth-order valence-electron chi connectivity index (χ4n) is 1.72. The van der Waals surface area contributed by atoms with Crippen LogP contribution in [0.3, 0.4) is 0 Å². The molecule has 1 N–H and O–H groups in total. The molecule has 1 aromatic carbocycles. The van der Waals surface area contributed by atoms with Gasteiger partial charge in [0.15, 0.2) is 0 Å². The minimum Gasteiger partial charge on any atom is -0.463 e. The zero-order chi connectivity index (χ0) is 11.7. The second-order valence-corrected chi connectivity index (χ2v) is 4.14. The Bertz CT molecular complexity index is 526. The van der Waals surface area contributed by atoms with E-state index in [1.807, 2.05) is 18.2 Å². The molecule has 0 unspecified atom stereocenters. The van der Waals surface area contributed by atoms with Crippen LogP contribution >= 0.6 is 0 Å². The van der Waals surface area contributed by atoms with Gasteiger partial charge in [0.25, 0.3) is 5.91 Å². The molecule has 0 spiro atoms. The van der Waals surface area contributed by atoms with E-state index in [9.17, 15) is 4.79 Å². The maximum atomic E-state index is 11.6. The van der Waals surface area contributed by atoms with Crippen molar-refractivity contribution in [2.45, 2.75) is 19.8 Å². The molecule has 0 fully saturated rings. The van der Waals surface area contributed by atoms with Crippen LogP contribution in [0.5, 0.6) is 0 Å². The molecular weight excluding hydrogens is 202 g/mol. The van der Waals surface area contributed by atoms with Crippen molar-refractivity contribution in [3.05, 3.63) is 35.6 Å². The second kappa shape index (κ2) is 4.00. The summed E-state index contributed by atoms with van der Waals surface area (Å²) in [5.41, 5.74) is 2.56. The van der Waals surface area contributed by atoms with Gasteiger partial charge >= 0.3 is 0 Å². The van der Waals surface area contributed by atoms with Gasteiger partial charge in [0, 0.05) is 12.4 Å². The van der Waals surface area contributed by atoms with Gasteiger partial charge in [-0.2, -0.15) is 0 Å². The van der Waals surface area contributed by atoms with Crippen LogP contribution in [0, 0.1) is 0 Å². The highest BCUT2D eigenvalue weighted by atomic mass is 16.3. The van der Waals surface area contributed by atoms with Crippen LogP contribution in [0.2, 0.25) is 0 Å². The lowest BCUT2D eigenvalue weighted by atomic mass is 10.0. The third-order valence-electron chi connectivity index (χ3n) is 2.74. The van der Waals surface area contributed by atoms with Crippen LogP contribution in [0.1, 0.15) is 35.7 Å². The highest BCUT2D eigenvalue weighted by Crippen LogP contribution is 2.25. The van der Waals surface area contributed by atoms with Crippen LogP contribution in [0.4, 0.5) is 0 Å². The molecule has 0 saturated heterocycles. The molecular formula is C13H15NO2. The van der Waals surface area contributed by atoms with Crippen molar-refractivity contribution in [1.82, 2.24) is 5.32 Å². The zero-order valence-electron chi connectivity index (χ0n) is 9.70. The second-order valence-electron chi connectivity index (χ2n) is 4.14. The first-order valence-electron chi connectivity index (χ1n) is 5.36. The van der Waals surface area contributed by atoms with Crippen LogP contribution in [-0.4, -0.2) is 13.0 Å². The normalized spacial score (nSPS) is 11.0. The van der Waals surface area contributed by atoms with Gasteiger partial charge in [-0.1, -0.05) is 19.9 Å². The Labute approximate surface area is 94.4 Å². The van der Waals surface area contributed by atoms with Crippen molar-refractivity contribution in [2.75, 3.05) is 7.05 Å². The SMILES string of the molecule is CNC(=O)c1coc2ccc(C(C)C)cc12. The van der Waals surface area contributed by atoms with E-state index < -0.39 is 0 Å². The number of fused-ring (bicyclic) bond motifs is 1. The van der Waals surface area contributed by atoms with Gasteiger partial charge in [-0.15, -0.1) is 0 Å². The Morgan fingerprint density at radius 3 is 2.75 bits per heavy atom. The molecule has 16 heavy (non-hydrogen) atoms. The number of benzene rings is 1. The molecule has 0 saturated carbocycles. The van der Waals surface area contributed by atoms with Gasteiger partial charge < -0.3 is 9.73 Å². The molecule has 0 aliphatic heterocycles. The summed E-state index contributed by atoms with van der Waals surface area (Å²) in [6.07, 6.45) is 1.51. The molecule has 0 aliphatic carbocycles. The van der Waals surface area contributed by atoms with Gasteiger partial charge in [-0.3, -0.25) is 4.79 Å². The van der Waals surface area contributed by atoms with Gasteiger partial charge in [0.05, 0.1) is 5.56 Å². The van der Waals surface area contributed by atoms with Crippen molar-refractivity contribution in [1.29, 1.82) is 0 Å². The van der Waals surface area contributed by atoms with E-state index >= 15 is 0 Å². The number of carbonyl (C=O) groups excluding carboxylic acids is 1. The molecule has 0 bridgehead atoms. The Kier molecular flexibility index (Phi) is 2.69. The highest BCUT2D eigenvalue weighted by molar-refractivity contribution is 6.05. The Morgan fingerprint density at radius 2 is 2.12 bits per heavy atom. The molecule has 2 rings (SSSR count). The van der Waals surface area contributed by atoms with Crippen molar-refractivity contribution >= 4 is 16.9 Å². The Balaban J connectivity index is 2.60. The largest absolute Gasteiger partial charge is 0.463 e. The molecule has 1 amide bonds. The molecule has 84 valence electrons. The van der Waals surface area contributed by atoms with E-state index in [4.69, 9.17) is 4.42 Å². The molecule has 0 atom stereocenters. The predicted octanol–water partition coefficient (Wildman–Crippen LogP) is 2.92. The van der Waals surface area contributed by atoms with Crippen molar-refractivity contribution in [3.63, 3.8) is 0 Å². The molecule has 3 heteroatoms. The minimum absolute atomic E-state index is 0.111. The van der Waals surface area contributed by atoms with Gasteiger partial charge in [0.1, 0.15) is 11.8 Å². The quantitative estimate of drug-likeness (QED) is 0.840. The van der Waals surface area contributed by atoms with E-state index in [0.717, 1.165) is 11.0 Å². The number of hydrogen-bond donors (Lipinski definition) is 1.